The molecule has 0 saturated carbocycles. The number of aryl methyl sites for hydroxylation is 1. The molecule has 0 atom stereocenters. The first-order valence-electron chi connectivity index (χ1n) is 5.58. The number of aromatic nitrogens is 2. The molecule has 1 aliphatic heterocycles. The Morgan fingerprint density at radius 3 is 3.00 bits per heavy atom. The van der Waals surface area contributed by atoms with E-state index >= 15 is 0 Å². The molecule has 3 nitrogen and oxygen atoms in total. The van der Waals surface area contributed by atoms with Crippen LogP contribution in [0.3, 0.4) is 0 Å². The summed E-state index contributed by atoms with van der Waals surface area (Å²) < 4.78 is 2.43. The first kappa shape index (κ1) is 9.71. The van der Waals surface area contributed by atoms with Crippen LogP contribution in [0.15, 0.2) is 0 Å². The molecule has 0 fully saturated rings. The van der Waals surface area contributed by atoms with Crippen molar-refractivity contribution in [1.82, 2.24) is 14.9 Å². The van der Waals surface area contributed by atoms with Crippen LogP contribution in [0.2, 0.25) is 0 Å². The molecule has 1 N–H and O–H groups in total. The highest BCUT2D eigenvalue weighted by Gasteiger charge is 2.17. The van der Waals surface area contributed by atoms with Gasteiger partial charge in [0.1, 0.15) is 5.82 Å². The number of rotatable bonds is 3. The minimum atomic E-state index is 0.912. The Balaban J connectivity index is 2.36. The largest absolute Gasteiger partial charge is 0.332 e. The van der Waals surface area contributed by atoms with Crippen molar-refractivity contribution < 1.29 is 0 Å². The second-order valence-electron chi connectivity index (χ2n) is 3.91. The van der Waals surface area contributed by atoms with Gasteiger partial charge in [0.2, 0.25) is 0 Å². The molecule has 0 aromatic carbocycles. The van der Waals surface area contributed by atoms with Crippen LogP contribution in [-0.2, 0) is 25.9 Å². The maximum absolute atomic E-state index is 4.70. The summed E-state index contributed by atoms with van der Waals surface area (Å²) in [6.07, 6.45) is 4.90. The molecule has 0 aliphatic carbocycles. The zero-order valence-electron chi connectivity index (χ0n) is 9.14. The van der Waals surface area contributed by atoms with E-state index in [1.54, 1.807) is 0 Å². The van der Waals surface area contributed by atoms with Crippen molar-refractivity contribution in [2.45, 2.75) is 45.7 Å². The van der Waals surface area contributed by atoms with E-state index in [0.29, 0.717) is 0 Å². The topological polar surface area (TPSA) is 29.9 Å². The summed E-state index contributed by atoms with van der Waals surface area (Å²) in [4.78, 5) is 4.70. The number of hydrogen-bond acceptors (Lipinski definition) is 2. The maximum Gasteiger partial charge on any atom is 0.108 e. The van der Waals surface area contributed by atoms with E-state index < -0.39 is 0 Å². The van der Waals surface area contributed by atoms with Crippen molar-refractivity contribution in [3.05, 3.63) is 17.2 Å². The third kappa shape index (κ3) is 1.57. The van der Waals surface area contributed by atoms with Gasteiger partial charge in [0.05, 0.1) is 5.69 Å². The van der Waals surface area contributed by atoms with Gasteiger partial charge in [-0.3, -0.25) is 0 Å². The molecule has 3 heteroatoms. The Kier molecular flexibility index (Phi) is 2.87. The maximum atomic E-state index is 4.70. The van der Waals surface area contributed by atoms with E-state index in [1.165, 1.54) is 43.0 Å². The molecular weight excluding hydrogens is 174 g/mol. The van der Waals surface area contributed by atoms with Crippen LogP contribution in [-0.4, -0.2) is 16.6 Å². The lowest BCUT2D eigenvalue weighted by molar-refractivity contribution is 0.513. The second kappa shape index (κ2) is 4.13. The van der Waals surface area contributed by atoms with Crippen LogP contribution < -0.4 is 5.32 Å². The van der Waals surface area contributed by atoms with Crippen molar-refractivity contribution in [3.63, 3.8) is 0 Å². The summed E-state index contributed by atoms with van der Waals surface area (Å²) in [6.45, 7) is 4.28. The van der Waals surface area contributed by atoms with Crippen molar-refractivity contribution in [3.8, 4) is 0 Å². The molecule has 0 spiro atoms. The summed E-state index contributed by atoms with van der Waals surface area (Å²) in [5.74, 6) is 1.27. The Morgan fingerprint density at radius 1 is 1.43 bits per heavy atom. The highest BCUT2D eigenvalue weighted by atomic mass is 15.1. The lowest BCUT2D eigenvalue weighted by Gasteiger charge is -2.16. The zero-order chi connectivity index (χ0) is 9.97. The summed E-state index contributed by atoms with van der Waals surface area (Å²) in [6, 6.07) is 0. The van der Waals surface area contributed by atoms with Gasteiger partial charge < -0.3 is 9.88 Å². The van der Waals surface area contributed by atoms with Gasteiger partial charge in [0, 0.05) is 25.2 Å². The molecule has 78 valence electrons. The fourth-order valence-electron chi connectivity index (χ4n) is 2.28. The molecule has 0 unspecified atom stereocenters. The summed E-state index contributed by atoms with van der Waals surface area (Å²) in [5, 5.41) is 3.20. The molecule has 14 heavy (non-hydrogen) atoms. The van der Waals surface area contributed by atoms with Crippen molar-refractivity contribution in [2.75, 3.05) is 7.05 Å². The molecule has 2 rings (SSSR count). The lowest BCUT2D eigenvalue weighted by atomic mass is 10.1. The molecule has 0 amide bonds. The third-order valence-electron chi connectivity index (χ3n) is 2.94. The number of nitrogens with one attached hydrogen (secondary N) is 1. The van der Waals surface area contributed by atoms with Crippen LogP contribution in [0.4, 0.5) is 0 Å². The van der Waals surface area contributed by atoms with E-state index in [-0.39, 0.29) is 0 Å². The van der Waals surface area contributed by atoms with Crippen LogP contribution >= 0.6 is 0 Å². The number of nitrogens with zero attached hydrogens (tertiary/aromatic N) is 2. The molecule has 1 aliphatic rings. The van der Waals surface area contributed by atoms with Crippen LogP contribution in [0, 0.1) is 0 Å². The van der Waals surface area contributed by atoms with E-state index in [0.717, 1.165) is 13.0 Å². The average molecular weight is 193 g/mol. The minimum Gasteiger partial charge on any atom is -0.332 e. The van der Waals surface area contributed by atoms with Gasteiger partial charge in [-0.1, -0.05) is 6.92 Å². The fourth-order valence-corrected chi connectivity index (χ4v) is 2.28. The van der Waals surface area contributed by atoms with Crippen LogP contribution in [0.5, 0.6) is 0 Å². The molecule has 1 aromatic rings. The predicted octanol–water partition coefficient (Wildman–Crippen LogP) is 1.50. The normalized spacial score (nSPS) is 15.6. The van der Waals surface area contributed by atoms with Crippen molar-refractivity contribution in [2.24, 2.45) is 0 Å². The summed E-state index contributed by atoms with van der Waals surface area (Å²) >= 11 is 0. The standard InChI is InChI=1S/C11H19N3/c1-3-11-13-9(8-12-2)10-6-4-5-7-14(10)11/h12H,3-8H2,1-2H3. The van der Waals surface area contributed by atoms with Gasteiger partial charge in [-0.05, 0) is 26.3 Å². The molecular formula is C11H19N3. The Bertz CT molecular complexity index is 315. The van der Waals surface area contributed by atoms with Gasteiger partial charge >= 0.3 is 0 Å². The molecule has 0 bridgehead atoms. The molecule has 0 radical (unpaired) electrons. The van der Waals surface area contributed by atoms with E-state index in [1.807, 2.05) is 7.05 Å². The first-order chi connectivity index (χ1) is 6.86. The van der Waals surface area contributed by atoms with E-state index in [2.05, 4.69) is 16.8 Å². The van der Waals surface area contributed by atoms with Crippen LogP contribution in [0.25, 0.3) is 0 Å². The first-order valence-corrected chi connectivity index (χ1v) is 5.58. The van der Waals surface area contributed by atoms with Crippen LogP contribution in [0.1, 0.15) is 37.0 Å². The third-order valence-corrected chi connectivity index (χ3v) is 2.94. The monoisotopic (exact) mass is 193 g/mol. The van der Waals surface area contributed by atoms with Gasteiger partial charge in [-0.2, -0.15) is 0 Å². The molecule has 0 saturated heterocycles. The smallest absolute Gasteiger partial charge is 0.108 e. The summed E-state index contributed by atoms with van der Waals surface area (Å²) in [5.41, 5.74) is 2.74. The second-order valence-corrected chi connectivity index (χ2v) is 3.91. The highest BCUT2D eigenvalue weighted by molar-refractivity contribution is 5.19. The number of hydrogen-bond donors (Lipinski definition) is 1. The number of fused-ring (bicyclic) bond motifs is 1. The average Bonchev–Trinajstić information content (AvgIpc) is 2.58. The highest BCUT2D eigenvalue weighted by Crippen LogP contribution is 2.21. The Labute approximate surface area is 85.5 Å². The van der Waals surface area contributed by atoms with Gasteiger partial charge in [-0.25, -0.2) is 4.98 Å². The summed E-state index contributed by atoms with van der Waals surface area (Å²) in [7, 11) is 1.99. The van der Waals surface area contributed by atoms with Gasteiger partial charge in [-0.15, -0.1) is 0 Å². The lowest BCUT2D eigenvalue weighted by Crippen LogP contribution is -2.14. The minimum absolute atomic E-state index is 0.912. The van der Waals surface area contributed by atoms with Crippen molar-refractivity contribution in [1.29, 1.82) is 0 Å². The Hall–Kier alpha value is -0.830. The predicted molar refractivity (Wildman–Crippen MR) is 57.3 cm³/mol. The van der Waals surface area contributed by atoms with Crippen molar-refractivity contribution >= 4 is 0 Å². The van der Waals surface area contributed by atoms with E-state index in [4.69, 9.17) is 4.98 Å². The zero-order valence-corrected chi connectivity index (χ0v) is 9.14. The molecule has 2 heterocycles. The quantitative estimate of drug-likeness (QED) is 0.788. The Morgan fingerprint density at radius 2 is 2.29 bits per heavy atom. The fraction of sp³-hybridized carbons (Fsp3) is 0.727. The molecule has 1 aromatic heterocycles. The van der Waals surface area contributed by atoms with E-state index in [9.17, 15) is 0 Å². The number of imidazole rings is 1. The SMILES string of the molecule is CCc1nc(CNC)c2n1CCCC2. The van der Waals surface area contributed by atoms with Gasteiger partial charge in [0.15, 0.2) is 0 Å². The van der Waals surface area contributed by atoms with Gasteiger partial charge in [0.25, 0.3) is 0 Å².